The van der Waals surface area contributed by atoms with Gasteiger partial charge in [0.05, 0.1) is 0 Å². The maximum atomic E-state index is 13.6. The zero-order valence-electron chi connectivity index (χ0n) is 12.8. The van der Waals surface area contributed by atoms with Gasteiger partial charge in [-0.1, -0.05) is 13.8 Å². The van der Waals surface area contributed by atoms with Crippen LogP contribution in [-0.2, 0) is 11.3 Å². The number of rotatable bonds is 6. The van der Waals surface area contributed by atoms with Crippen molar-refractivity contribution in [3.63, 3.8) is 0 Å². The monoisotopic (exact) mass is 293 g/mol. The number of benzene rings is 1. The third-order valence-electron chi connectivity index (χ3n) is 3.81. The van der Waals surface area contributed by atoms with Crippen LogP contribution in [-0.4, -0.2) is 31.6 Å². The molecule has 1 aliphatic rings. The van der Waals surface area contributed by atoms with Gasteiger partial charge in [0.1, 0.15) is 11.9 Å². The van der Waals surface area contributed by atoms with Crippen molar-refractivity contribution in [3.8, 4) is 0 Å². The fourth-order valence-electron chi connectivity index (χ4n) is 2.78. The van der Waals surface area contributed by atoms with Gasteiger partial charge in [-0.2, -0.15) is 0 Å². The maximum Gasteiger partial charge on any atom is 0.242 e. The lowest BCUT2D eigenvalue weighted by Gasteiger charge is -2.37. The normalized spacial score (nSPS) is 18.7. The van der Waals surface area contributed by atoms with E-state index < -0.39 is 0 Å². The summed E-state index contributed by atoms with van der Waals surface area (Å²) >= 11 is 0. The van der Waals surface area contributed by atoms with E-state index in [0.29, 0.717) is 13.1 Å². The molecular formula is C16H24FN3O. The van der Waals surface area contributed by atoms with Crippen molar-refractivity contribution in [2.45, 2.75) is 39.3 Å². The molecule has 1 fully saturated rings. The van der Waals surface area contributed by atoms with Gasteiger partial charge in [0, 0.05) is 25.3 Å². The molecule has 0 aromatic heterocycles. The number of nitrogens with one attached hydrogen (secondary N) is 2. The predicted molar refractivity (Wildman–Crippen MR) is 82.8 cm³/mol. The Morgan fingerprint density at radius 1 is 1.43 bits per heavy atom. The minimum atomic E-state index is -0.235. The van der Waals surface area contributed by atoms with E-state index in [0.717, 1.165) is 37.2 Å². The SMILES string of the molecule is CCCNCc1cc(F)ccc1N1CCNC(=O)C1CC. The highest BCUT2D eigenvalue weighted by Crippen LogP contribution is 2.26. The van der Waals surface area contributed by atoms with E-state index in [2.05, 4.69) is 22.5 Å². The van der Waals surface area contributed by atoms with Crippen molar-refractivity contribution in [3.05, 3.63) is 29.6 Å². The van der Waals surface area contributed by atoms with Crippen LogP contribution in [0.15, 0.2) is 18.2 Å². The third-order valence-corrected chi connectivity index (χ3v) is 3.81. The van der Waals surface area contributed by atoms with Crippen molar-refractivity contribution in [1.82, 2.24) is 10.6 Å². The predicted octanol–water partition coefficient (Wildman–Crippen LogP) is 2.04. The van der Waals surface area contributed by atoms with Crippen molar-refractivity contribution in [2.24, 2.45) is 0 Å². The van der Waals surface area contributed by atoms with E-state index in [9.17, 15) is 9.18 Å². The summed E-state index contributed by atoms with van der Waals surface area (Å²) in [5, 5.41) is 6.20. The molecule has 0 bridgehead atoms. The number of piperazine rings is 1. The average molecular weight is 293 g/mol. The maximum absolute atomic E-state index is 13.6. The quantitative estimate of drug-likeness (QED) is 0.789. The van der Waals surface area contributed by atoms with Crippen LogP contribution >= 0.6 is 0 Å². The van der Waals surface area contributed by atoms with Crippen LogP contribution in [0.3, 0.4) is 0 Å². The molecule has 1 aliphatic heterocycles. The van der Waals surface area contributed by atoms with E-state index >= 15 is 0 Å². The first-order chi connectivity index (χ1) is 10.2. The molecule has 5 heteroatoms. The lowest BCUT2D eigenvalue weighted by Crippen LogP contribution is -2.55. The van der Waals surface area contributed by atoms with Crippen molar-refractivity contribution in [1.29, 1.82) is 0 Å². The Morgan fingerprint density at radius 3 is 2.95 bits per heavy atom. The lowest BCUT2D eigenvalue weighted by molar-refractivity contribution is -0.123. The highest BCUT2D eigenvalue weighted by Gasteiger charge is 2.29. The number of carbonyl (C=O) groups excluding carboxylic acids is 1. The average Bonchev–Trinajstić information content (AvgIpc) is 2.47. The van der Waals surface area contributed by atoms with E-state index in [1.807, 2.05) is 6.92 Å². The summed E-state index contributed by atoms with van der Waals surface area (Å²) in [5.41, 5.74) is 1.87. The molecule has 2 N–H and O–H groups in total. The Hall–Kier alpha value is -1.62. The van der Waals surface area contributed by atoms with Gasteiger partial charge in [0.2, 0.25) is 5.91 Å². The third kappa shape index (κ3) is 3.73. The van der Waals surface area contributed by atoms with E-state index in [4.69, 9.17) is 0 Å². The Balaban J connectivity index is 2.26. The topological polar surface area (TPSA) is 44.4 Å². The van der Waals surface area contributed by atoms with Crippen molar-refractivity contribution >= 4 is 11.6 Å². The first-order valence-corrected chi connectivity index (χ1v) is 7.70. The first kappa shape index (κ1) is 15.8. The van der Waals surface area contributed by atoms with Crippen molar-refractivity contribution < 1.29 is 9.18 Å². The van der Waals surface area contributed by atoms with Crippen molar-refractivity contribution in [2.75, 3.05) is 24.5 Å². The molecule has 0 radical (unpaired) electrons. The summed E-state index contributed by atoms with van der Waals surface area (Å²) in [7, 11) is 0. The second-order valence-corrected chi connectivity index (χ2v) is 5.36. The highest BCUT2D eigenvalue weighted by atomic mass is 19.1. The number of hydrogen-bond donors (Lipinski definition) is 2. The highest BCUT2D eigenvalue weighted by molar-refractivity contribution is 5.86. The largest absolute Gasteiger partial charge is 0.357 e. The molecule has 1 unspecified atom stereocenters. The Labute approximate surface area is 125 Å². The summed E-state index contributed by atoms with van der Waals surface area (Å²) in [5.74, 6) is -0.179. The molecule has 1 amide bonds. The van der Waals surface area contributed by atoms with Gasteiger partial charge >= 0.3 is 0 Å². The zero-order valence-corrected chi connectivity index (χ0v) is 12.8. The van der Waals surface area contributed by atoms with Gasteiger partial charge in [0.15, 0.2) is 0 Å². The van der Waals surface area contributed by atoms with Gasteiger partial charge in [-0.05, 0) is 43.1 Å². The fraction of sp³-hybridized carbons (Fsp3) is 0.562. The van der Waals surface area contributed by atoms with Gasteiger partial charge in [0.25, 0.3) is 0 Å². The second-order valence-electron chi connectivity index (χ2n) is 5.36. The van der Waals surface area contributed by atoms with E-state index in [1.54, 1.807) is 12.1 Å². The standard InChI is InChI=1S/C16H24FN3O/c1-3-7-18-11-12-10-13(17)5-6-15(12)20-9-8-19-16(21)14(20)4-2/h5-6,10,14,18H,3-4,7-9,11H2,1-2H3,(H,19,21). The summed E-state index contributed by atoms with van der Waals surface area (Å²) in [6, 6.07) is 4.66. The summed E-state index contributed by atoms with van der Waals surface area (Å²) in [4.78, 5) is 14.1. The molecule has 1 heterocycles. The number of anilines is 1. The molecule has 2 rings (SSSR count). The molecular weight excluding hydrogens is 269 g/mol. The number of carbonyl (C=O) groups is 1. The molecule has 0 aliphatic carbocycles. The lowest BCUT2D eigenvalue weighted by atomic mass is 10.0. The van der Waals surface area contributed by atoms with Gasteiger partial charge in [-0.3, -0.25) is 4.79 Å². The second kappa shape index (κ2) is 7.41. The first-order valence-electron chi connectivity index (χ1n) is 7.70. The van der Waals surface area contributed by atoms with Crippen LogP contribution < -0.4 is 15.5 Å². The summed E-state index contributed by atoms with van der Waals surface area (Å²) < 4.78 is 13.6. The van der Waals surface area contributed by atoms with Crippen LogP contribution in [0.5, 0.6) is 0 Å². The van der Waals surface area contributed by atoms with E-state index in [-0.39, 0.29) is 17.8 Å². The number of hydrogen-bond acceptors (Lipinski definition) is 3. The smallest absolute Gasteiger partial charge is 0.242 e. The van der Waals surface area contributed by atoms with Crippen LogP contribution in [0.25, 0.3) is 0 Å². The zero-order chi connectivity index (χ0) is 15.2. The minimum Gasteiger partial charge on any atom is -0.357 e. The van der Waals surface area contributed by atoms with Crippen LogP contribution in [0.2, 0.25) is 0 Å². The molecule has 0 spiro atoms. The van der Waals surface area contributed by atoms with Gasteiger partial charge in [-0.25, -0.2) is 4.39 Å². The Kier molecular flexibility index (Phi) is 5.56. The number of halogens is 1. The van der Waals surface area contributed by atoms with Gasteiger partial charge in [-0.15, -0.1) is 0 Å². The summed E-state index contributed by atoms with van der Waals surface area (Å²) in [6.07, 6.45) is 1.78. The van der Waals surface area contributed by atoms with E-state index in [1.165, 1.54) is 6.07 Å². The van der Waals surface area contributed by atoms with Crippen LogP contribution in [0.4, 0.5) is 10.1 Å². The molecule has 4 nitrogen and oxygen atoms in total. The van der Waals surface area contributed by atoms with Gasteiger partial charge < -0.3 is 15.5 Å². The summed E-state index contributed by atoms with van der Waals surface area (Å²) in [6.45, 7) is 7.01. The molecule has 116 valence electrons. The fourth-order valence-corrected chi connectivity index (χ4v) is 2.78. The molecule has 1 saturated heterocycles. The molecule has 21 heavy (non-hydrogen) atoms. The van der Waals surface area contributed by atoms with Crippen LogP contribution in [0.1, 0.15) is 32.3 Å². The Morgan fingerprint density at radius 2 is 2.24 bits per heavy atom. The Bertz CT molecular complexity index is 492. The molecule has 1 aromatic rings. The molecule has 1 atom stereocenters. The van der Waals surface area contributed by atoms with Crippen LogP contribution in [0, 0.1) is 5.82 Å². The molecule has 0 saturated carbocycles. The number of amides is 1. The molecule has 1 aromatic carbocycles. The number of nitrogens with zero attached hydrogens (tertiary/aromatic N) is 1. The minimum absolute atomic E-state index is 0.0561.